The molecule has 8 heteroatoms. The number of aliphatic hydroxyl groups is 5. The van der Waals surface area contributed by atoms with Gasteiger partial charge in [0.05, 0.1) is 12.2 Å². The topological polar surface area (TPSA) is 129 Å². The van der Waals surface area contributed by atoms with E-state index in [1.807, 2.05) is 0 Å². The first-order valence-electron chi connectivity index (χ1n) is 6.59. The molecule has 5 N–H and O–H groups in total. The van der Waals surface area contributed by atoms with E-state index in [0.717, 1.165) is 0 Å². The van der Waals surface area contributed by atoms with Crippen LogP contribution in [0.2, 0.25) is 0 Å². The summed E-state index contributed by atoms with van der Waals surface area (Å²) in [5.74, 6) is -1.58. The second-order valence-corrected chi connectivity index (χ2v) is 5.57. The van der Waals surface area contributed by atoms with Crippen LogP contribution in [0.4, 0.5) is 0 Å². The maximum Gasteiger partial charge on any atom is 0.197 e. The molecule has 5 unspecified atom stereocenters. The molecule has 2 aliphatic heterocycles. The SMILES string of the molecule is CC1O[C@H](O[C@]2(C)O[C@@H](C)C(O)C2O)C(O)C(O)[C@@H]1O. The van der Waals surface area contributed by atoms with Crippen LogP contribution in [0.25, 0.3) is 0 Å². The van der Waals surface area contributed by atoms with E-state index in [1.54, 1.807) is 6.92 Å². The van der Waals surface area contributed by atoms with Crippen molar-refractivity contribution in [2.45, 2.75) is 75.6 Å². The van der Waals surface area contributed by atoms with Crippen molar-refractivity contribution in [3.05, 3.63) is 0 Å². The van der Waals surface area contributed by atoms with Gasteiger partial charge in [-0.1, -0.05) is 0 Å². The minimum Gasteiger partial charge on any atom is -0.388 e. The van der Waals surface area contributed by atoms with E-state index >= 15 is 0 Å². The zero-order valence-corrected chi connectivity index (χ0v) is 11.6. The number of hydrogen-bond acceptors (Lipinski definition) is 8. The van der Waals surface area contributed by atoms with E-state index in [0.29, 0.717) is 0 Å². The molecular formula is C12H22O8. The molecular weight excluding hydrogens is 272 g/mol. The lowest BCUT2D eigenvalue weighted by molar-refractivity contribution is -0.368. The van der Waals surface area contributed by atoms with Gasteiger partial charge in [0.1, 0.15) is 30.5 Å². The van der Waals surface area contributed by atoms with E-state index in [9.17, 15) is 25.5 Å². The van der Waals surface area contributed by atoms with Crippen molar-refractivity contribution in [2.24, 2.45) is 0 Å². The van der Waals surface area contributed by atoms with Crippen LogP contribution < -0.4 is 0 Å². The molecule has 2 saturated heterocycles. The summed E-state index contributed by atoms with van der Waals surface area (Å²) in [4.78, 5) is 0. The van der Waals surface area contributed by atoms with Gasteiger partial charge < -0.3 is 39.7 Å². The summed E-state index contributed by atoms with van der Waals surface area (Å²) in [5, 5.41) is 48.8. The molecule has 8 nitrogen and oxygen atoms in total. The molecule has 0 aromatic carbocycles. The number of ether oxygens (including phenoxy) is 3. The van der Waals surface area contributed by atoms with Gasteiger partial charge in [-0.2, -0.15) is 0 Å². The smallest absolute Gasteiger partial charge is 0.197 e. The fourth-order valence-electron chi connectivity index (χ4n) is 2.51. The van der Waals surface area contributed by atoms with Gasteiger partial charge >= 0.3 is 0 Å². The Labute approximate surface area is 116 Å². The molecule has 0 amide bonds. The Hall–Kier alpha value is -0.320. The van der Waals surface area contributed by atoms with Gasteiger partial charge in [0.25, 0.3) is 0 Å². The molecule has 2 heterocycles. The predicted octanol–water partition coefficient (Wildman–Crippen LogP) is -2.31. The number of hydrogen-bond donors (Lipinski definition) is 5. The Balaban J connectivity index is 2.09. The summed E-state index contributed by atoms with van der Waals surface area (Å²) >= 11 is 0. The average Bonchev–Trinajstić information content (AvgIpc) is 2.57. The van der Waals surface area contributed by atoms with Crippen LogP contribution in [0.1, 0.15) is 20.8 Å². The molecule has 20 heavy (non-hydrogen) atoms. The Kier molecular flexibility index (Phi) is 4.39. The fourth-order valence-corrected chi connectivity index (χ4v) is 2.51. The van der Waals surface area contributed by atoms with Crippen molar-refractivity contribution in [3.8, 4) is 0 Å². The molecule has 2 aliphatic rings. The first-order valence-corrected chi connectivity index (χ1v) is 6.59. The minimum atomic E-state index is -1.58. The van der Waals surface area contributed by atoms with E-state index in [1.165, 1.54) is 13.8 Å². The fraction of sp³-hybridized carbons (Fsp3) is 1.00. The van der Waals surface area contributed by atoms with Crippen LogP contribution in [0, 0.1) is 0 Å². The molecule has 2 fully saturated rings. The highest BCUT2D eigenvalue weighted by atomic mass is 16.8. The standard InChI is InChI=1S/C12H22O8/c1-4-6(13)8(15)9(16)11(18-4)20-12(3)10(17)7(14)5(2)19-12/h4-11,13-17H,1-3H3/t4?,5-,6+,7?,8?,9?,10?,11+,12-/m0/s1. The van der Waals surface area contributed by atoms with Crippen LogP contribution in [-0.2, 0) is 14.2 Å². The van der Waals surface area contributed by atoms with Crippen LogP contribution in [0.15, 0.2) is 0 Å². The molecule has 0 radical (unpaired) electrons. The van der Waals surface area contributed by atoms with Crippen LogP contribution in [0.3, 0.4) is 0 Å². The van der Waals surface area contributed by atoms with Gasteiger partial charge in [0.15, 0.2) is 12.1 Å². The Morgan fingerprint density at radius 3 is 1.95 bits per heavy atom. The van der Waals surface area contributed by atoms with Crippen molar-refractivity contribution >= 4 is 0 Å². The molecule has 2 rings (SSSR count). The van der Waals surface area contributed by atoms with E-state index in [4.69, 9.17) is 14.2 Å². The summed E-state index contributed by atoms with van der Waals surface area (Å²) < 4.78 is 16.1. The highest BCUT2D eigenvalue weighted by Gasteiger charge is 2.54. The molecule has 0 bridgehead atoms. The van der Waals surface area contributed by atoms with Crippen molar-refractivity contribution in [3.63, 3.8) is 0 Å². The third kappa shape index (κ3) is 2.58. The van der Waals surface area contributed by atoms with Gasteiger partial charge in [-0.25, -0.2) is 0 Å². The van der Waals surface area contributed by atoms with Gasteiger partial charge in [0, 0.05) is 0 Å². The van der Waals surface area contributed by atoms with Gasteiger partial charge in [-0.15, -0.1) is 0 Å². The van der Waals surface area contributed by atoms with E-state index in [-0.39, 0.29) is 0 Å². The maximum atomic E-state index is 9.94. The van der Waals surface area contributed by atoms with Crippen LogP contribution in [0.5, 0.6) is 0 Å². The largest absolute Gasteiger partial charge is 0.388 e. The van der Waals surface area contributed by atoms with Crippen molar-refractivity contribution < 1.29 is 39.7 Å². The lowest BCUT2D eigenvalue weighted by atomic mass is 9.99. The average molecular weight is 294 g/mol. The van der Waals surface area contributed by atoms with Gasteiger partial charge in [0.2, 0.25) is 0 Å². The zero-order valence-electron chi connectivity index (χ0n) is 11.6. The molecule has 9 atom stereocenters. The number of aliphatic hydroxyl groups excluding tert-OH is 5. The van der Waals surface area contributed by atoms with E-state index in [2.05, 4.69) is 0 Å². The second-order valence-electron chi connectivity index (χ2n) is 5.57. The Bertz CT molecular complexity index is 352. The molecule has 0 saturated carbocycles. The first-order chi connectivity index (χ1) is 9.17. The van der Waals surface area contributed by atoms with Crippen molar-refractivity contribution in [1.29, 1.82) is 0 Å². The summed E-state index contributed by atoms with van der Waals surface area (Å²) in [5.41, 5.74) is 0. The Morgan fingerprint density at radius 1 is 0.850 bits per heavy atom. The van der Waals surface area contributed by atoms with Gasteiger partial charge in [-0.05, 0) is 20.8 Å². The summed E-state index contributed by atoms with van der Waals surface area (Å²) in [6.07, 6.45) is -9.33. The number of rotatable bonds is 2. The highest BCUT2D eigenvalue weighted by Crippen LogP contribution is 2.35. The maximum absolute atomic E-state index is 9.94. The third-order valence-corrected chi connectivity index (χ3v) is 3.92. The zero-order chi connectivity index (χ0) is 15.2. The molecule has 118 valence electrons. The lowest BCUT2D eigenvalue weighted by Crippen LogP contribution is -2.60. The minimum absolute atomic E-state index is 0.649. The monoisotopic (exact) mass is 294 g/mol. The first kappa shape index (κ1) is 16.1. The van der Waals surface area contributed by atoms with Crippen molar-refractivity contribution in [2.75, 3.05) is 0 Å². The summed E-state index contributed by atoms with van der Waals surface area (Å²) in [7, 11) is 0. The van der Waals surface area contributed by atoms with Crippen LogP contribution in [-0.4, -0.2) is 80.3 Å². The van der Waals surface area contributed by atoms with Crippen LogP contribution >= 0.6 is 0 Å². The molecule has 0 spiro atoms. The third-order valence-electron chi connectivity index (χ3n) is 3.92. The molecule has 0 aliphatic carbocycles. The highest BCUT2D eigenvalue weighted by molar-refractivity contribution is 4.94. The predicted molar refractivity (Wildman–Crippen MR) is 64.4 cm³/mol. The van der Waals surface area contributed by atoms with Crippen molar-refractivity contribution in [1.82, 2.24) is 0 Å². The van der Waals surface area contributed by atoms with E-state index < -0.39 is 54.8 Å². The molecule has 0 aromatic heterocycles. The lowest BCUT2D eigenvalue weighted by Gasteiger charge is -2.42. The normalized spacial score (nSPS) is 57.0. The van der Waals surface area contributed by atoms with Gasteiger partial charge in [-0.3, -0.25) is 0 Å². The quantitative estimate of drug-likeness (QED) is 0.384. The second kappa shape index (κ2) is 5.47. The summed E-state index contributed by atoms with van der Waals surface area (Å²) in [6.45, 7) is 4.49. The molecule has 0 aromatic rings. The Morgan fingerprint density at radius 2 is 1.45 bits per heavy atom. The summed E-state index contributed by atoms with van der Waals surface area (Å²) in [6, 6.07) is 0.